The zero-order chi connectivity index (χ0) is 25.7. The van der Waals surface area contributed by atoms with Gasteiger partial charge in [-0.25, -0.2) is 0 Å². The fourth-order valence-electron chi connectivity index (χ4n) is 3.78. The lowest BCUT2D eigenvalue weighted by Gasteiger charge is -2.15. The molecular weight excluding hydrogens is 540 g/mol. The van der Waals surface area contributed by atoms with Gasteiger partial charge in [0.15, 0.2) is 11.5 Å². The molecule has 0 radical (unpaired) electrons. The molecule has 36 heavy (non-hydrogen) atoms. The van der Waals surface area contributed by atoms with Crippen molar-refractivity contribution in [1.29, 1.82) is 5.26 Å². The Bertz CT molecular complexity index is 1520. The molecule has 1 amide bonds. The van der Waals surface area contributed by atoms with Gasteiger partial charge in [-0.15, -0.1) is 0 Å². The summed E-state index contributed by atoms with van der Waals surface area (Å²) in [5.74, 6) is 0.466. The molecule has 0 unspecified atom stereocenters. The topological polar surface area (TPSA) is 71.3 Å². The van der Waals surface area contributed by atoms with E-state index in [1.54, 1.807) is 44.4 Å². The number of nitrogens with zero attached hydrogens (tertiary/aromatic N) is 1. The van der Waals surface area contributed by atoms with E-state index >= 15 is 0 Å². The van der Waals surface area contributed by atoms with Crippen LogP contribution in [0.4, 0.5) is 5.69 Å². The Labute approximate surface area is 223 Å². The second-order valence-corrected chi connectivity index (χ2v) is 9.26. The molecule has 7 heteroatoms. The maximum absolute atomic E-state index is 12.8. The summed E-state index contributed by atoms with van der Waals surface area (Å²) < 4.78 is 12.3. The van der Waals surface area contributed by atoms with Crippen LogP contribution in [0, 0.1) is 18.3 Å². The number of amides is 1. The van der Waals surface area contributed by atoms with Crippen molar-refractivity contribution in [1.82, 2.24) is 0 Å². The molecule has 0 spiro atoms. The van der Waals surface area contributed by atoms with Gasteiger partial charge in [-0.1, -0.05) is 60.1 Å². The van der Waals surface area contributed by atoms with Crippen LogP contribution < -0.4 is 14.8 Å². The van der Waals surface area contributed by atoms with Gasteiger partial charge in [0.2, 0.25) is 0 Å². The monoisotopic (exact) mass is 560 g/mol. The number of methoxy groups -OCH3 is 1. The smallest absolute Gasteiger partial charge is 0.266 e. The molecule has 0 aromatic heterocycles. The molecule has 4 rings (SSSR count). The molecule has 0 aliphatic rings. The summed E-state index contributed by atoms with van der Waals surface area (Å²) >= 11 is 9.69. The van der Waals surface area contributed by atoms with Crippen LogP contribution in [0.15, 0.2) is 82.8 Å². The molecule has 0 atom stereocenters. The number of hydrogen-bond acceptors (Lipinski definition) is 4. The molecule has 5 nitrogen and oxygen atoms in total. The minimum Gasteiger partial charge on any atom is -0.493 e. The van der Waals surface area contributed by atoms with E-state index in [9.17, 15) is 10.1 Å². The number of rotatable bonds is 7. The number of nitrogens with one attached hydrogen (secondary N) is 1. The largest absolute Gasteiger partial charge is 0.493 e. The van der Waals surface area contributed by atoms with Crippen molar-refractivity contribution in [3.8, 4) is 17.6 Å². The van der Waals surface area contributed by atoms with Gasteiger partial charge in [0.1, 0.15) is 18.2 Å². The van der Waals surface area contributed by atoms with E-state index in [4.69, 9.17) is 21.1 Å². The Kier molecular flexibility index (Phi) is 7.94. The van der Waals surface area contributed by atoms with Crippen LogP contribution in [0.2, 0.25) is 5.02 Å². The van der Waals surface area contributed by atoms with E-state index in [1.807, 2.05) is 30.3 Å². The van der Waals surface area contributed by atoms with Crippen molar-refractivity contribution in [3.63, 3.8) is 0 Å². The molecule has 0 aliphatic heterocycles. The summed E-state index contributed by atoms with van der Waals surface area (Å²) in [6.45, 7) is 2.14. The highest BCUT2D eigenvalue weighted by Gasteiger charge is 2.15. The van der Waals surface area contributed by atoms with Gasteiger partial charge in [0.25, 0.3) is 5.91 Å². The minimum atomic E-state index is -0.533. The van der Waals surface area contributed by atoms with Crippen molar-refractivity contribution < 1.29 is 14.3 Å². The zero-order valence-electron chi connectivity index (χ0n) is 19.6. The fourth-order valence-corrected chi connectivity index (χ4v) is 4.53. The molecule has 0 fully saturated rings. The normalized spacial score (nSPS) is 11.1. The molecular formula is C29H22BrClN2O3. The number of carbonyl (C=O) groups excluding carboxylic acids is 1. The molecule has 0 saturated heterocycles. The highest BCUT2D eigenvalue weighted by molar-refractivity contribution is 9.10. The third-order valence-corrected chi connectivity index (χ3v) is 6.69. The Hall–Kier alpha value is -3.79. The van der Waals surface area contributed by atoms with E-state index in [1.165, 1.54) is 6.08 Å². The van der Waals surface area contributed by atoms with Crippen LogP contribution in [0.1, 0.15) is 16.7 Å². The summed E-state index contributed by atoms with van der Waals surface area (Å²) in [4.78, 5) is 12.8. The zero-order valence-corrected chi connectivity index (χ0v) is 22.0. The third-order valence-electron chi connectivity index (χ3n) is 5.70. The van der Waals surface area contributed by atoms with Gasteiger partial charge in [-0.2, -0.15) is 5.26 Å². The molecule has 180 valence electrons. The van der Waals surface area contributed by atoms with Crippen molar-refractivity contribution in [2.75, 3.05) is 12.4 Å². The van der Waals surface area contributed by atoms with Crippen molar-refractivity contribution in [2.45, 2.75) is 13.5 Å². The van der Waals surface area contributed by atoms with E-state index in [-0.39, 0.29) is 5.57 Å². The number of anilines is 1. The van der Waals surface area contributed by atoms with Gasteiger partial charge in [0, 0.05) is 10.7 Å². The maximum Gasteiger partial charge on any atom is 0.266 e. The van der Waals surface area contributed by atoms with Gasteiger partial charge >= 0.3 is 0 Å². The second-order valence-electron chi connectivity index (χ2n) is 8.00. The van der Waals surface area contributed by atoms with E-state index in [0.717, 1.165) is 21.9 Å². The first-order valence-corrected chi connectivity index (χ1v) is 12.2. The van der Waals surface area contributed by atoms with Crippen molar-refractivity contribution in [3.05, 3.63) is 105 Å². The van der Waals surface area contributed by atoms with Crippen LogP contribution >= 0.6 is 27.5 Å². The average molecular weight is 562 g/mol. The van der Waals surface area contributed by atoms with Gasteiger partial charge < -0.3 is 14.8 Å². The molecule has 4 aromatic carbocycles. The second kappa shape index (κ2) is 11.3. The number of ether oxygens (including phenoxy) is 2. The van der Waals surface area contributed by atoms with Crippen LogP contribution in [0.5, 0.6) is 11.5 Å². The SMILES string of the molecule is COc1cc(/C=C(\C#N)C(=O)Nc2cccc(Cl)c2C)cc(Br)c1OCc1cccc2ccccc12. The van der Waals surface area contributed by atoms with Crippen LogP contribution in [0.25, 0.3) is 16.8 Å². The van der Waals surface area contributed by atoms with E-state index < -0.39 is 5.91 Å². The first kappa shape index (κ1) is 25.3. The molecule has 0 bridgehead atoms. The van der Waals surface area contributed by atoms with Gasteiger partial charge in [-0.3, -0.25) is 4.79 Å². The summed E-state index contributed by atoms with van der Waals surface area (Å²) in [6, 6.07) is 24.9. The summed E-state index contributed by atoms with van der Waals surface area (Å²) in [5.41, 5.74) is 2.86. The van der Waals surface area contributed by atoms with Crippen LogP contribution in [-0.4, -0.2) is 13.0 Å². The number of nitriles is 1. The van der Waals surface area contributed by atoms with Crippen LogP contribution in [-0.2, 0) is 11.4 Å². The highest BCUT2D eigenvalue weighted by Crippen LogP contribution is 2.38. The molecule has 0 saturated carbocycles. The third kappa shape index (κ3) is 5.54. The number of fused-ring (bicyclic) bond motifs is 1. The predicted molar refractivity (Wildman–Crippen MR) is 147 cm³/mol. The minimum absolute atomic E-state index is 0.0623. The number of benzene rings is 4. The van der Waals surface area contributed by atoms with Crippen LogP contribution in [0.3, 0.4) is 0 Å². The standard InChI is InChI=1S/C29H22BrClN2O3/c1-18-25(31)11-6-12-26(18)33-29(34)22(16-32)13-19-14-24(30)28(27(15-19)35-2)36-17-21-9-5-8-20-7-3-4-10-23(20)21/h3-15H,17H2,1-2H3,(H,33,34)/b22-13+. The lowest BCUT2D eigenvalue weighted by Crippen LogP contribution is -2.14. The molecule has 1 N–H and O–H groups in total. The summed E-state index contributed by atoms with van der Waals surface area (Å²) in [5, 5.41) is 15.2. The quantitative estimate of drug-likeness (QED) is 0.185. The molecule has 0 heterocycles. The Morgan fingerprint density at radius 3 is 2.64 bits per heavy atom. The molecule has 4 aromatic rings. The highest BCUT2D eigenvalue weighted by atomic mass is 79.9. The lowest BCUT2D eigenvalue weighted by atomic mass is 10.1. The van der Waals surface area contributed by atoms with Gasteiger partial charge in [-0.05, 0) is 80.7 Å². The maximum atomic E-state index is 12.8. The average Bonchev–Trinajstić information content (AvgIpc) is 2.88. The summed E-state index contributed by atoms with van der Waals surface area (Å²) in [7, 11) is 1.54. The Morgan fingerprint density at radius 1 is 1.11 bits per heavy atom. The van der Waals surface area contributed by atoms with Crippen molar-refractivity contribution in [2.24, 2.45) is 0 Å². The van der Waals surface area contributed by atoms with E-state index in [0.29, 0.717) is 38.9 Å². The number of halogens is 2. The fraction of sp³-hybridized carbons (Fsp3) is 0.103. The molecule has 0 aliphatic carbocycles. The number of carbonyl (C=O) groups is 1. The first-order chi connectivity index (χ1) is 17.4. The number of hydrogen-bond donors (Lipinski definition) is 1. The Balaban J connectivity index is 1.58. The summed E-state index contributed by atoms with van der Waals surface area (Å²) in [6.07, 6.45) is 1.50. The predicted octanol–water partition coefficient (Wildman–Crippen LogP) is 7.70. The first-order valence-electron chi connectivity index (χ1n) is 11.1. The Morgan fingerprint density at radius 2 is 1.86 bits per heavy atom. The van der Waals surface area contributed by atoms with Crippen molar-refractivity contribution >= 4 is 56.0 Å². The van der Waals surface area contributed by atoms with Gasteiger partial charge in [0.05, 0.1) is 11.6 Å². The van der Waals surface area contributed by atoms with E-state index in [2.05, 4.69) is 39.4 Å². The lowest BCUT2D eigenvalue weighted by molar-refractivity contribution is -0.112.